The van der Waals surface area contributed by atoms with E-state index >= 15 is 0 Å². The predicted octanol–water partition coefficient (Wildman–Crippen LogP) is 2.87. The summed E-state index contributed by atoms with van der Waals surface area (Å²) in [5.41, 5.74) is -0.581. The number of urea groups is 1. The largest absolute Gasteiger partial charge is 0.343 e. The van der Waals surface area contributed by atoms with Crippen LogP contribution in [0.3, 0.4) is 0 Å². The highest BCUT2D eigenvalue weighted by molar-refractivity contribution is 5.78. The summed E-state index contributed by atoms with van der Waals surface area (Å²) in [6.07, 6.45) is 12.3. The molecule has 1 aliphatic heterocycles. The van der Waals surface area contributed by atoms with Crippen molar-refractivity contribution < 1.29 is 18.9 Å². The molecule has 3 fully saturated rings. The van der Waals surface area contributed by atoms with Gasteiger partial charge in [-0.25, -0.2) is 4.79 Å². The molecule has 0 unspecified atom stereocenters. The van der Waals surface area contributed by atoms with E-state index in [4.69, 9.17) is 4.52 Å². The summed E-state index contributed by atoms with van der Waals surface area (Å²) in [5, 5.41) is 10.4. The van der Waals surface area contributed by atoms with E-state index in [0.29, 0.717) is 44.3 Å². The van der Waals surface area contributed by atoms with Crippen molar-refractivity contribution in [3.8, 4) is 0 Å². The van der Waals surface area contributed by atoms with E-state index in [1.165, 1.54) is 26.2 Å². The van der Waals surface area contributed by atoms with Crippen molar-refractivity contribution in [2.24, 2.45) is 0 Å². The summed E-state index contributed by atoms with van der Waals surface area (Å²) in [4.78, 5) is 45.4. The normalized spacial score (nSPS) is 21.3. The minimum atomic E-state index is -0.581. The Hall–Kier alpha value is -2.65. The fourth-order valence-corrected chi connectivity index (χ4v) is 5.67. The maximum absolute atomic E-state index is 12.8. The Morgan fingerprint density at radius 3 is 2.23 bits per heavy atom. The lowest BCUT2D eigenvalue weighted by molar-refractivity contribution is -0.132. The van der Waals surface area contributed by atoms with Gasteiger partial charge in [0.2, 0.25) is 17.7 Å². The molecule has 194 valence electrons. The van der Waals surface area contributed by atoms with Gasteiger partial charge < -0.3 is 25.0 Å². The number of rotatable bonds is 6. The van der Waals surface area contributed by atoms with Crippen LogP contribution < -0.4 is 10.6 Å². The van der Waals surface area contributed by atoms with Crippen LogP contribution in [0.15, 0.2) is 4.52 Å². The number of nitrogens with zero attached hydrogens (tertiary/aromatic N) is 4. The third-order valence-corrected chi connectivity index (χ3v) is 7.67. The van der Waals surface area contributed by atoms with Gasteiger partial charge in [-0.1, -0.05) is 50.1 Å². The Morgan fingerprint density at radius 1 is 0.943 bits per heavy atom. The van der Waals surface area contributed by atoms with E-state index in [1.54, 1.807) is 0 Å². The van der Waals surface area contributed by atoms with Crippen LogP contribution in [0.5, 0.6) is 0 Å². The number of amides is 4. The smallest absolute Gasteiger partial charge is 0.317 e. The first-order valence-corrected chi connectivity index (χ1v) is 13.4. The number of piperazine rings is 1. The molecule has 0 atom stereocenters. The molecule has 2 N–H and O–H groups in total. The van der Waals surface area contributed by atoms with Gasteiger partial charge in [0.1, 0.15) is 5.54 Å². The molecule has 10 nitrogen and oxygen atoms in total. The van der Waals surface area contributed by atoms with Gasteiger partial charge in [-0.15, -0.1) is 0 Å². The van der Waals surface area contributed by atoms with Gasteiger partial charge in [0.25, 0.3) is 0 Å². The number of hydrogen-bond donors (Lipinski definition) is 2. The number of nitrogens with one attached hydrogen (secondary N) is 2. The van der Waals surface area contributed by atoms with Gasteiger partial charge in [-0.3, -0.25) is 9.59 Å². The number of aromatic nitrogens is 2. The molecule has 2 aliphatic carbocycles. The molecule has 10 heteroatoms. The van der Waals surface area contributed by atoms with Crippen molar-refractivity contribution in [2.45, 2.75) is 102 Å². The second-order valence-corrected chi connectivity index (χ2v) is 10.3. The standard InChI is InChI=1S/C25H40N6O4/c1-19(32)28-25(13-7-2-3-8-14-25)23-27-21(35-29-23)11-12-22(33)30-15-17-31(18-16-30)24(34)26-20-9-5-4-6-10-20/h20H,2-18H2,1H3,(H,26,34)(H,28,32). The fourth-order valence-electron chi connectivity index (χ4n) is 5.67. The van der Waals surface area contributed by atoms with Gasteiger partial charge in [0, 0.05) is 52.0 Å². The van der Waals surface area contributed by atoms with E-state index in [-0.39, 0.29) is 30.3 Å². The molecule has 1 aromatic rings. The molecule has 2 heterocycles. The highest BCUT2D eigenvalue weighted by Gasteiger charge is 2.38. The van der Waals surface area contributed by atoms with Crippen LogP contribution in [0.1, 0.15) is 95.7 Å². The average molecular weight is 489 g/mol. The van der Waals surface area contributed by atoms with Crippen LogP contribution in [-0.4, -0.2) is 70.0 Å². The number of aryl methyl sites for hydroxylation is 1. The van der Waals surface area contributed by atoms with Gasteiger partial charge in [-0.05, 0) is 25.7 Å². The Morgan fingerprint density at radius 2 is 1.57 bits per heavy atom. The summed E-state index contributed by atoms with van der Waals surface area (Å²) in [5.74, 6) is 0.880. The van der Waals surface area contributed by atoms with Gasteiger partial charge >= 0.3 is 6.03 Å². The van der Waals surface area contributed by atoms with E-state index in [9.17, 15) is 14.4 Å². The molecule has 4 rings (SSSR count). The SMILES string of the molecule is CC(=O)NC1(c2noc(CCC(=O)N3CCN(C(=O)NC4CCCCC4)CC3)n2)CCCCCC1. The van der Waals surface area contributed by atoms with Crippen LogP contribution in [0.25, 0.3) is 0 Å². The van der Waals surface area contributed by atoms with Gasteiger partial charge in [0.15, 0.2) is 5.82 Å². The molecule has 1 aromatic heterocycles. The Kier molecular flexibility index (Phi) is 8.62. The molecule has 0 bridgehead atoms. The summed E-state index contributed by atoms with van der Waals surface area (Å²) < 4.78 is 5.48. The number of hydrogen-bond acceptors (Lipinski definition) is 6. The summed E-state index contributed by atoms with van der Waals surface area (Å²) in [6, 6.07) is 0.284. The summed E-state index contributed by atoms with van der Waals surface area (Å²) in [7, 11) is 0. The molecular formula is C25H40N6O4. The van der Waals surface area contributed by atoms with E-state index < -0.39 is 5.54 Å². The first kappa shape index (κ1) is 25.4. The predicted molar refractivity (Wildman–Crippen MR) is 129 cm³/mol. The minimum Gasteiger partial charge on any atom is -0.343 e. The maximum Gasteiger partial charge on any atom is 0.317 e. The molecule has 1 saturated heterocycles. The third-order valence-electron chi connectivity index (χ3n) is 7.67. The Bertz CT molecular complexity index is 865. The van der Waals surface area contributed by atoms with E-state index in [2.05, 4.69) is 20.8 Å². The third kappa shape index (κ3) is 6.73. The van der Waals surface area contributed by atoms with Crippen LogP contribution in [0, 0.1) is 0 Å². The number of carbonyl (C=O) groups is 3. The summed E-state index contributed by atoms with van der Waals surface area (Å²) >= 11 is 0. The Labute approximate surface area is 207 Å². The van der Waals surface area contributed by atoms with Crippen LogP contribution in [0.4, 0.5) is 4.79 Å². The topological polar surface area (TPSA) is 121 Å². The fraction of sp³-hybridized carbons (Fsp3) is 0.800. The highest BCUT2D eigenvalue weighted by atomic mass is 16.5. The van der Waals surface area contributed by atoms with Crippen molar-refractivity contribution in [1.82, 2.24) is 30.6 Å². The van der Waals surface area contributed by atoms with Crippen molar-refractivity contribution >= 4 is 17.8 Å². The summed E-state index contributed by atoms with van der Waals surface area (Å²) in [6.45, 7) is 3.70. The van der Waals surface area contributed by atoms with Crippen molar-refractivity contribution in [3.05, 3.63) is 11.7 Å². The molecular weight excluding hydrogens is 448 g/mol. The van der Waals surface area contributed by atoms with Crippen LogP contribution >= 0.6 is 0 Å². The van der Waals surface area contributed by atoms with Crippen molar-refractivity contribution in [1.29, 1.82) is 0 Å². The quantitative estimate of drug-likeness (QED) is 0.594. The number of carbonyl (C=O) groups excluding carboxylic acids is 3. The highest BCUT2D eigenvalue weighted by Crippen LogP contribution is 2.34. The zero-order valence-corrected chi connectivity index (χ0v) is 21.0. The van der Waals surface area contributed by atoms with E-state index in [0.717, 1.165) is 51.4 Å². The molecule has 0 aromatic carbocycles. The van der Waals surface area contributed by atoms with Gasteiger partial charge in [-0.2, -0.15) is 4.98 Å². The lowest BCUT2D eigenvalue weighted by Gasteiger charge is -2.36. The lowest BCUT2D eigenvalue weighted by atomic mass is 9.89. The Balaban J connectivity index is 1.25. The minimum absolute atomic E-state index is 0.00556. The molecule has 0 radical (unpaired) electrons. The molecule has 35 heavy (non-hydrogen) atoms. The molecule has 2 saturated carbocycles. The molecule has 4 amide bonds. The van der Waals surface area contributed by atoms with Crippen molar-refractivity contribution in [3.63, 3.8) is 0 Å². The molecule has 3 aliphatic rings. The monoisotopic (exact) mass is 488 g/mol. The van der Waals surface area contributed by atoms with Crippen LogP contribution in [0.2, 0.25) is 0 Å². The average Bonchev–Trinajstić information content (AvgIpc) is 3.23. The van der Waals surface area contributed by atoms with Crippen LogP contribution in [-0.2, 0) is 21.5 Å². The second-order valence-electron chi connectivity index (χ2n) is 10.3. The second kappa shape index (κ2) is 11.9. The first-order chi connectivity index (χ1) is 16.9. The zero-order chi connectivity index (χ0) is 24.7. The first-order valence-electron chi connectivity index (χ1n) is 13.4. The van der Waals surface area contributed by atoms with E-state index in [1.807, 2.05) is 9.80 Å². The maximum atomic E-state index is 12.8. The van der Waals surface area contributed by atoms with Gasteiger partial charge in [0.05, 0.1) is 0 Å². The van der Waals surface area contributed by atoms with Crippen molar-refractivity contribution in [2.75, 3.05) is 26.2 Å². The lowest BCUT2D eigenvalue weighted by Crippen LogP contribution is -2.54. The molecule has 0 spiro atoms. The zero-order valence-electron chi connectivity index (χ0n) is 21.0.